The van der Waals surface area contributed by atoms with Gasteiger partial charge in [0.05, 0.1) is 5.69 Å². The summed E-state index contributed by atoms with van der Waals surface area (Å²) in [6.45, 7) is 4.44. The zero-order valence-electron chi connectivity index (χ0n) is 17.7. The number of rotatable bonds is 9. The minimum absolute atomic E-state index is 0.125. The quantitative estimate of drug-likeness (QED) is 0.517. The van der Waals surface area contributed by atoms with Crippen LogP contribution in [-0.2, 0) is 11.4 Å². The van der Waals surface area contributed by atoms with Gasteiger partial charge in [-0.15, -0.1) is 0 Å². The lowest BCUT2D eigenvalue weighted by Gasteiger charge is -2.17. The van der Waals surface area contributed by atoms with Gasteiger partial charge in [0.1, 0.15) is 18.4 Å². The van der Waals surface area contributed by atoms with Crippen molar-refractivity contribution >= 4 is 12.0 Å². The Balaban J connectivity index is 1.31. The molecule has 7 heteroatoms. The first-order valence-corrected chi connectivity index (χ1v) is 10.5. The van der Waals surface area contributed by atoms with E-state index in [4.69, 9.17) is 9.26 Å². The second kappa shape index (κ2) is 9.55. The lowest BCUT2D eigenvalue weighted by molar-refractivity contribution is -0.117. The van der Waals surface area contributed by atoms with Gasteiger partial charge in [-0.3, -0.25) is 9.78 Å². The molecule has 0 saturated heterocycles. The third-order valence-corrected chi connectivity index (χ3v) is 5.05. The van der Waals surface area contributed by atoms with Crippen LogP contribution in [0.2, 0.25) is 0 Å². The van der Waals surface area contributed by atoms with E-state index in [-0.39, 0.29) is 17.9 Å². The predicted molar refractivity (Wildman–Crippen MR) is 116 cm³/mol. The molecule has 0 spiro atoms. The molecule has 2 heterocycles. The van der Waals surface area contributed by atoms with Crippen LogP contribution in [0.3, 0.4) is 0 Å². The van der Waals surface area contributed by atoms with E-state index < -0.39 is 0 Å². The minimum Gasteiger partial charge on any atom is -0.487 e. The van der Waals surface area contributed by atoms with Crippen LogP contribution in [0.25, 0.3) is 6.08 Å². The zero-order chi connectivity index (χ0) is 21.6. The minimum atomic E-state index is -0.320. The van der Waals surface area contributed by atoms with Gasteiger partial charge in [-0.1, -0.05) is 37.2 Å². The summed E-state index contributed by atoms with van der Waals surface area (Å²) < 4.78 is 11.1. The maximum atomic E-state index is 12.5. The van der Waals surface area contributed by atoms with Crippen LogP contribution in [0, 0.1) is 5.92 Å². The molecule has 2 aromatic heterocycles. The number of hydrogen-bond donors (Lipinski definition) is 1. The first-order chi connectivity index (χ1) is 15.1. The number of ether oxygens (including phenoxy) is 1. The number of amides is 1. The van der Waals surface area contributed by atoms with Gasteiger partial charge < -0.3 is 14.6 Å². The topological polar surface area (TPSA) is 90.1 Å². The molecule has 1 amide bonds. The number of aromatic nitrogens is 3. The van der Waals surface area contributed by atoms with Gasteiger partial charge >= 0.3 is 0 Å². The highest BCUT2D eigenvalue weighted by atomic mass is 16.5. The fourth-order valence-electron chi connectivity index (χ4n) is 3.08. The van der Waals surface area contributed by atoms with Crippen molar-refractivity contribution in [1.82, 2.24) is 20.4 Å². The van der Waals surface area contributed by atoms with Crippen LogP contribution < -0.4 is 10.1 Å². The third-order valence-electron chi connectivity index (χ3n) is 5.05. The smallest absolute Gasteiger partial charge is 0.249 e. The summed E-state index contributed by atoms with van der Waals surface area (Å²) in [7, 11) is 0. The second-order valence-electron chi connectivity index (χ2n) is 8.01. The highest BCUT2D eigenvalue weighted by Crippen LogP contribution is 2.38. The van der Waals surface area contributed by atoms with Crippen LogP contribution in [-0.4, -0.2) is 21.0 Å². The van der Waals surface area contributed by atoms with E-state index in [0.717, 1.165) is 35.7 Å². The molecule has 1 aromatic carbocycles. The number of carbonyl (C=O) groups excluding carboxylic acids is 1. The standard InChI is InChI=1S/C24H26N4O3/c1-16(2)22(24-27-23(28-31-24)18-9-10-18)26-21(29)13-8-17-6-11-20(12-7-17)30-15-19-5-3-4-14-25-19/h3-8,11-14,16,18,22H,9-10,15H2,1-2H3,(H,26,29)/b13-8+. The molecule has 31 heavy (non-hydrogen) atoms. The van der Waals surface area contributed by atoms with Gasteiger partial charge in [0, 0.05) is 18.2 Å². The fraction of sp³-hybridized carbons (Fsp3) is 0.333. The number of benzene rings is 1. The van der Waals surface area contributed by atoms with Crippen molar-refractivity contribution in [3.63, 3.8) is 0 Å². The van der Waals surface area contributed by atoms with Gasteiger partial charge in [-0.25, -0.2) is 0 Å². The summed E-state index contributed by atoms with van der Waals surface area (Å²) in [5.41, 5.74) is 1.77. The third kappa shape index (κ3) is 5.78. The van der Waals surface area contributed by atoms with Crippen molar-refractivity contribution in [3.8, 4) is 5.75 Å². The molecule has 0 bridgehead atoms. The molecule has 1 atom stereocenters. The highest BCUT2D eigenvalue weighted by molar-refractivity contribution is 5.91. The second-order valence-corrected chi connectivity index (χ2v) is 8.01. The Bertz CT molecular complexity index is 1020. The molecule has 1 aliphatic carbocycles. The predicted octanol–water partition coefficient (Wildman–Crippen LogP) is 4.45. The van der Waals surface area contributed by atoms with E-state index in [2.05, 4.69) is 20.4 Å². The highest BCUT2D eigenvalue weighted by Gasteiger charge is 2.31. The van der Waals surface area contributed by atoms with Crippen LogP contribution in [0.5, 0.6) is 5.75 Å². The molecule has 0 aliphatic heterocycles. The Kier molecular flexibility index (Phi) is 6.40. The molecular weight excluding hydrogens is 392 g/mol. The van der Waals surface area contributed by atoms with Gasteiger partial charge in [0.15, 0.2) is 5.82 Å². The summed E-state index contributed by atoms with van der Waals surface area (Å²) in [6, 6.07) is 12.9. The Labute approximate surface area is 181 Å². The molecular formula is C24H26N4O3. The van der Waals surface area contributed by atoms with E-state index in [1.54, 1.807) is 12.3 Å². The van der Waals surface area contributed by atoms with E-state index in [1.165, 1.54) is 6.08 Å². The van der Waals surface area contributed by atoms with Crippen LogP contribution in [0.1, 0.15) is 61.6 Å². The van der Waals surface area contributed by atoms with Crippen molar-refractivity contribution in [2.24, 2.45) is 5.92 Å². The van der Waals surface area contributed by atoms with E-state index in [9.17, 15) is 4.79 Å². The van der Waals surface area contributed by atoms with Crippen molar-refractivity contribution in [1.29, 1.82) is 0 Å². The summed E-state index contributed by atoms with van der Waals surface area (Å²) in [5, 5.41) is 7.03. The SMILES string of the molecule is CC(C)C(NC(=O)/C=C/c1ccc(OCc2ccccn2)cc1)c1nc(C2CC2)no1. The van der Waals surface area contributed by atoms with Crippen molar-refractivity contribution in [3.05, 3.63) is 77.7 Å². The van der Waals surface area contributed by atoms with Crippen LogP contribution in [0.15, 0.2) is 59.3 Å². The van der Waals surface area contributed by atoms with Crippen molar-refractivity contribution in [2.75, 3.05) is 0 Å². The Morgan fingerprint density at radius 1 is 1.23 bits per heavy atom. The maximum absolute atomic E-state index is 12.5. The van der Waals surface area contributed by atoms with Crippen molar-refractivity contribution in [2.45, 2.75) is 45.3 Å². The number of nitrogens with one attached hydrogen (secondary N) is 1. The largest absolute Gasteiger partial charge is 0.487 e. The van der Waals surface area contributed by atoms with Gasteiger partial charge in [-0.2, -0.15) is 4.98 Å². The van der Waals surface area contributed by atoms with Crippen LogP contribution in [0.4, 0.5) is 0 Å². The van der Waals surface area contributed by atoms with Crippen LogP contribution >= 0.6 is 0 Å². The molecule has 0 radical (unpaired) electrons. The Hall–Kier alpha value is -3.48. The zero-order valence-corrected chi connectivity index (χ0v) is 17.7. The van der Waals surface area contributed by atoms with Gasteiger partial charge in [-0.05, 0) is 54.7 Å². The number of hydrogen-bond acceptors (Lipinski definition) is 6. The summed E-state index contributed by atoms with van der Waals surface area (Å²) in [6.07, 6.45) is 7.22. The number of pyridine rings is 1. The lowest BCUT2D eigenvalue weighted by Crippen LogP contribution is -2.30. The molecule has 4 rings (SSSR count). The number of carbonyl (C=O) groups is 1. The average Bonchev–Trinajstić information content (AvgIpc) is 3.53. The summed E-state index contributed by atoms with van der Waals surface area (Å²) >= 11 is 0. The first-order valence-electron chi connectivity index (χ1n) is 10.5. The molecule has 1 saturated carbocycles. The summed E-state index contributed by atoms with van der Waals surface area (Å²) in [5.74, 6) is 2.29. The van der Waals surface area contributed by atoms with Gasteiger partial charge in [0.25, 0.3) is 0 Å². The molecule has 1 N–H and O–H groups in total. The van der Waals surface area contributed by atoms with E-state index in [0.29, 0.717) is 18.4 Å². The normalized spacial score (nSPS) is 14.7. The van der Waals surface area contributed by atoms with E-state index in [1.807, 2.05) is 56.3 Å². The van der Waals surface area contributed by atoms with Gasteiger partial charge in [0.2, 0.25) is 11.8 Å². The van der Waals surface area contributed by atoms with Crippen molar-refractivity contribution < 1.29 is 14.1 Å². The Morgan fingerprint density at radius 3 is 2.71 bits per heavy atom. The molecule has 1 aliphatic rings. The summed E-state index contributed by atoms with van der Waals surface area (Å²) in [4.78, 5) is 21.2. The molecule has 7 nitrogen and oxygen atoms in total. The monoisotopic (exact) mass is 418 g/mol. The Morgan fingerprint density at radius 2 is 2.03 bits per heavy atom. The molecule has 1 fully saturated rings. The molecule has 1 unspecified atom stereocenters. The maximum Gasteiger partial charge on any atom is 0.249 e. The van der Waals surface area contributed by atoms with E-state index >= 15 is 0 Å². The molecule has 160 valence electrons. The fourth-order valence-corrected chi connectivity index (χ4v) is 3.08. The first kappa shape index (κ1) is 20.8. The average molecular weight is 418 g/mol. The lowest BCUT2D eigenvalue weighted by atomic mass is 10.0. The number of nitrogens with zero attached hydrogens (tertiary/aromatic N) is 3. The molecule has 3 aromatic rings.